The van der Waals surface area contributed by atoms with Crippen molar-refractivity contribution in [3.05, 3.63) is 47.2 Å². The summed E-state index contributed by atoms with van der Waals surface area (Å²) in [5.74, 6) is -0.166. The molecule has 0 aliphatic heterocycles. The van der Waals surface area contributed by atoms with Gasteiger partial charge in [-0.3, -0.25) is 4.79 Å². The van der Waals surface area contributed by atoms with Crippen LogP contribution >= 0.6 is 11.6 Å². The molecule has 2 rings (SSSR count). The number of hydrogen-bond acceptors (Lipinski definition) is 6. The Hall–Kier alpha value is -2.80. The first-order valence-electron chi connectivity index (χ1n) is 8.98. The molecule has 0 fully saturated rings. The lowest BCUT2D eigenvalue weighted by atomic mass is 10.2. The lowest BCUT2D eigenvalue weighted by Gasteiger charge is -2.15. The van der Waals surface area contributed by atoms with Gasteiger partial charge in [-0.2, -0.15) is 0 Å². The monoisotopic (exact) mass is 406 g/mol. The second-order valence-electron chi connectivity index (χ2n) is 5.82. The maximum Gasteiger partial charge on any atom is 0.339 e. The number of rotatable bonds is 9. The standard InChI is InChI=1S/C20H23ClN2O5/c1-4-11-27-16-9-8-14(12-17(16)26-5-2)20(25)28-13(3)19(24)23-15-7-6-10-22-18(15)21/h6-10,12-13H,4-5,11H2,1-3H3,(H,23,24)/t13-/m0/s1. The summed E-state index contributed by atoms with van der Waals surface area (Å²) in [4.78, 5) is 28.6. The molecule has 0 unspecified atom stereocenters. The van der Waals surface area contributed by atoms with Crippen LogP contribution in [0.2, 0.25) is 5.15 Å². The molecule has 0 spiro atoms. The molecular weight excluding hydrogens is 384 g/mol. The van der Waals surface area contributed by atoms with Gasteiger partial charge in [-0.25, -0.2) is 9.78 Å². The van der Waals surface area contributed by atoms with Crippen molar-refractivity contribution in [3.8, 4) is 11.5 Å². The third kappa shape index (κ3) is 5.85. The first-order valence-corrected chi connectivity index (χ1v) is 9.36. The lowest BCUT2D eigenvalue weighted by molar-refractivity contribution is -0.123. The molecule has 8 heteroatoms. The highest BCUT2D eigenvalue weighted by molar-refractivity contribution is 6.32. The smallest absolute Gasteiger partial charge is 0.339 e. The van der Waals surface area contributed by atoms with Gasteiger partial charge in [0, 0.05) is 6.20 Å². The van der Waals surface area contributed by atoms with Gasteiger partial charge in [0.05, 0.1) is 24.5 Å². The third-order valence-electron chi connectivity index (χ3n) is 3.61. The van der Waals surface area contributed by atoms with E-state index in [1.54, 1.807) is 30.3 Å². The normalized spacial score (nSPS) is 11.4. The Morgan fingerprint density at radius 1 is 1.18 bits per heavy atom. The Bertz CT molecular complexity index is 828. The predicted molar refractivity (Wildman–Crippen MR) is 106 cm³/mol. The summed E-state index contributed by atoms with van der Waals surface area (Å²) in [7, 11) is 0. The number of amides is 1. The second-order valence-corrected chi connectivity index (χ2v) is 6.18. The summed E-state index contributed by atoms with van der Waals surface area (Å²) in [6.07, 6.45) is 1.32. The van der Waals surface area contributed by atoms with E-state index in [0.29, 0.717) is 30.4 Å². The topological polar surface area (TPSA) is 86.8 Å². The number of nitrogens with one attached hydrogen (secondary N) is 1. The number of halogens is 1. The summed E-state index contributed by atoms with van der Waals surface area (Å²) >= 11 is 5.91. The zero-order valence-corrected chi connectivity index (χ0v) is 16.8. The maximum absolute atomic E-state index is 12.4. The Kier molecular flexibility index (Phi) is 8.07. The van der Waals surface area contributed by atoms with E-state index in [9.17, 15) is 9.59 Å². The Morgan fingerprint density at radius 2 is 1.96 bits per heavy atom. The van der Waals surface area contributed by atoms with Crippen molar-refractivity contribution in [2.45, 2.75) is 33.3 Å². The molecule has 0 saturated carbocycles. The molecule has 7 nitrogen and oxygen atoms in total. The van der Waals surface area contributed by atoms with E-state index >= 15 is 0 Å². The molecule has 1 aromatic heterocycles. The quantitative estimate of drug-likeness (QED) is 0.498. The first kappa shape index (κ1) is 21.5. The molecular formula is C20H23ClN2O5. The average molecular weight is 407 g/mol. The van der Waals surface area contributed by atoms with Crippen molar-refractivity contribution in [1.29, 1.82) is 0 Å². The largest absolute Gasteiger partial charge is 0.490 e. The van der Waals surface area contributed by atoms with Crippen LogP contribution in [0.4, 0.5) is 5.69 Å². The van der Waals surface area contributed by atoms with Crippen LogP contribution in [0.5, 0.6) is 11.5 Å². The number of ether oxygens (including phenoxy) is 3. The zero-order chi connectivity index (χ0) is 20.5. The van der Waals surface area contributed by atoms with Crippen LogP contribution in [-0.2, 0) is 9.53 Å². The van der Waals surface area contributed by atoms with Gasteiger partial charge in [0.1, 0.15) is 0 Å². The van der Waals surface area contributed by atoms with E-state index in [-0.39, 0.29) is 10.7 Å². The van der Waals surface area contributed by atoms with Gasteiger partial charge in [0.15, 0.2) is 22.8 Å². The van der Waals surface area contributed by atoms with Crippen LogP contribution in [0.25, 0.3) is 0 Å². The van der Waals surface area contributed by atoms with Crippen molar-refractivity contribution in [1.82, 2.24) is 4.98 Å². The number of hydrogen-bond donors (Lipinski definition) is 1. The second kappa shape index (κ2) is 10.5. The van der Waals surface area contributed by atoms with Gasteiger partial charge in [0.2, 0.25) is 0 Å². The number of benzene rings is 1. The lowest BCUT2D eigenvalue weighted by Crippen LogP contribution is -2.30. The zero-order valence-electron chi connectivity index (χ0n) is 16.0. The molecule has 0 aliphatic carbocycles. The van der Waals surface area contributed by atoms with Crippen LogP contribution < -0.4 is 14.8 Å². The fraction of sp³-hybridized carbons (Fsp3) is 0.350. The van der Waals surface area contributed by atoms with Crippen molar-refractivity contribution >= 4 is 29.2 Å². The molecule has 2 aromatic rings. The molecule has 1 atom stereocenters. The molecule has 0 bridgehead atoms. The van der Waals surface area contributed by atoms with Crippen LogP contribution in [0.15, 0.2) is 36.5 Å². The number of pyridine rings is 1. The molecule has 1 N–H and O–H groups in total. The van der Waals surface area contributed by atoms with E-state index in [0.717, 1.165) is 6.42 Å². The highest BCUT2D eigenvalue weighted by atomic mass is 35.5. The Labute approximate surface area is 169 Å². The van der Waals surface area contributed by atoms with E-state index in [1.807, 2.05) is 13.8 Å². The molecule has 1 amide bonds. The minimum Gasteiger partial charge on any atom is -0.490 e. The number of esters is 1. The fourth-order valence-corrected chi connectivity index (χ4v) is 2.40. The van der Waals surface area contributed by atoms with Crippen LogP contribution in [-0.4, -0.2) is 36.2 Å². The van der Waals surface area contributed by atoms with Crippen molar-refractivity contribution in [2.24, 2.45) is 0 Å². The highest BCUT2D eigenvalue weighted by Crippen LogP contribution is 2.29. The van der Waals surface area contributed by atoms with Gasteiger partial charge >= 0.3 is 5.97 Å². The summed E-state index contributed by atoms with van der Waals surface area (Å²) < 4.78 is 16.4. The summed E-state index contributed by atoms with van der Waals surface area (Å²) in [6, 6.07) is 8.00. The highest BCUT2D eigenvalue weighted by Gasteiger charge is 2.21. The number of nitrogens with zero attached hydrogens (tertiary/aromatic N) is 1. The van der Waals surface area contributed by atoms with Crippen LogP contribution in [0, 0.1) is 0 Å². The van der Waals surface area contributed by atoms with E-state index in [2.05, 4.69) is 10.3 Å². The summed E-state index contributed by atoms with van der Waals surface area (Å²) in [6.45, 7) is 6.27. The summed E-state index contributed by atoms with van der Waals surface area (Å²) in [5, 5.41) is 2.73. The van der Waals surface area contributed by atoms with Crippen molar-refractivity contribution in [3.63, 3.8) is 0 Å². The molecule has 0 aliphatic rings. The minimum absolute atomic E-state index is 0.151. The van der Waals surface area contributed by atoms with Gasteiger partial charge < -0.3 is 19.5 Å². The van der Waals surface area contributed by atoms with Gasteiger partial charge in [-0.05, 0) is 50.6 Å². The predicted octanol–water partition coefficient (Wildman–Crippen LogP) is 4.11. The minimum atomic E-state index is -1.03. The van der Waals surface area contributed by atoms with Crippen LogP contribution in [0.3, 0.4) is 0 Å². The van der Waals surface area contributed by atoms with Gasteiger partial charge in [0.25, 0.3) is 5.91 Å². The third-order valence-corrected chi connectivity index (χ3v) is 3.91. The Morgan fingerprint density at radius 3 is 2.64 bits per heavy atom. The van der Waals surface area contributed by atoms with E-state index in [1.165, 1.54) is 13.1 Å². The SMILES string of the molecule is CCCOc1ccc(C(=O)O[C@@H](C)C(=O)Nc2cccnc2Cl)cc1OCC. The number of anilines is 1. The summed E-state index contributed by atoms with van der Waals surface area (Å²) in [5.41, 5.74) is 0.597. The van der Waals surface area contributed by atoms with Crippen LogP contribution in [0.1, 0.15) is 37.6 Å². The maximum atomic E-state index is 12.4. The fourth-order valence-electron chi connectivity index (χ4n) is 2.23. The number of aromatic nitrogens is 1. The van der Waals surface area contributed by atoms with E-state index in [4.69, 9.17) is 25.8 Å². The molecule has 28 heavy (non-hydrogen) atoms. The molecule has 1 heterocycles. The Balaban J connectivity index is 2.05. The van der Waals surface area contributed by atoms with Crippen molar-refractivity contribution in [2.75, 3.05) is 18.5 Å². The van der Waals surface area contributed by atoms with Gasteiger partial charge in [-0.1, -0.05) is 18.5 Å². The number of carbonyl (C=O) groups is 2. The molecule has 1 aromatic carbocycles. The average Bonchev–Trinajstić information content (AvgIpc) is 2.68. The number of carbonyl (C=O) groups excluding carboxylic acids is 2. The molecule has 150 valence electrons. The first-order chi connectivity index (χ1) is 13.5. The van der Waals surface area contributed by atoms with Crippen molar-refractivity contribution < 1.29 is 23.8 Å². The molecule has 0 radical (unpaired) electrons. The molecule has 0 saturated heterocycles. The van der Waals surface area contributed by atoms with Gasteiger partial charge in [-0.15, -0.1) is 0 Å². The van der Waals surface area contributed by atoms with E-state index < -0.39 is 18.0 Å².